The molecule has 4 nitrogen and oxygen atoms in total. The largest absolute Gasteiger partial charge is 0.368 e. The fourth-order valence-electron chi connectivity index (χ4n) is 3.26. The van der Waals surface area contributed by atoms with Gasteiger partial charge < -0.3 is 15.4 Å². The molecule has 19 heavy (non-hydrogen) atoms. The van der Waals surface area contributed by atoms with Crippen LogP contribution in [0.5, 0.6) is 0 Å². The van der Waals surface area contributed by atoms with Crippen LogP contribution >= 0.6 is 0 Å². The van der Waals surface area contributed by atoms with Crippen molar-refractivity contribution in [2.24, 2.45) is 0 Å². The number of hydrogen-bond donors (Lipinski definition) is 2. The fourth-order valence-corrected chi connectivity index (χ4v) is 3.26. The number of amides is 1. The highest BCUT2D eigenvalue weighted by Gasteiger charge is 2.22. The highest BCUT2D eigenvalue weighted by atomic mass is 16.5. The van der Waals surface area contributed by atoms with Gasteiger partial charge in [-0.2, -0.15) is 0 Å². The Morgan fingerprint density at radius 1 is 1.05 bits per heavy atom. The van der Waals surface area contributed by atoms with E-state index in [0.29, 0.717) is 12.1 Å². The minimum Gasteiger partial charge on any atom is -0.368 e. The lowest BCUT2D eigenvalue weighted by atomic mass is 9.93. The van der Waals surface area contributed by atoms with Crippen molar-refractivity contribution in [2.75, 3.05) is 13.2 Å². The Hall–Kier alpha value is -0.610. The fraction of sp³-hybridized carbons (Fsp3) is 0.933. The summed E-state index contributed by atoms with van der Waals surface area (Å²) in [5.74, 6) is 0.0701. The molecule has 2 rings (SSSR count). The molecule has 4 heteroatoms. The van der Waals surface area contributed by atoms with E-state index in [9.17, 15) is 4.79 Å². The van der Waals surface area contributed by atoms with Crippen LogP contribution in [0.1, 0.15) is 58.3 Å². The van der Waals surface area contributed by atoms with E-state index in [0.717, 1.165) is 32.2 Å². The molecule has 2 fully saturated rings. The van der Waals surface area contributed by atoms with Crippen LogP contribution in [0, 0.1) is 0 Å². The van der Waals surface area contributed by atoms with Gasteiger partial charge in [-0.1, -0.05) is 19.8 Å². The summed E-state index contributed by atoms with van der Waals surface area (Å²) in [4.78, 5) is 11.8. The van der Waals surface area contributed by atoms with Crippen molar-refractivity contribution >= 4 is 5.91 Å². The molecule has 0 atom stereocenters. The zero-order valence-corrected chi connectivity index (χ0v) is 12.1. The topological polar surface area (TPSA) is 50.4 Å². The Bertz CT molecular complexity index is 269. The molecule has 0 saturated heterocycles. The van der Waals surface area contributed by atoms with Crippen LogP contribution in [0.25, 0.3) is 0 Å². The number of hydrogen-bond acceptors (Lipinski definition) is 3. The average molecular weight is 268 g/mol. The van der Waals surface area contributed by atoms with Gasteiger partial charge in [-0.3, -0.25) is 4.79 Å². The first-order valence-electron chi connectivity index (χ1n) is 7.92. The second kappa shape index (κ2) is 7.85. The smallest absolute Gasteiger partial charge is 0.246 e. The van der Waals surface area contributed by atoms with Crippen molar-refractivity contribution in [3.63, 3.8) is 0 Å². The molecule has 2 aliphatic rings. The second-order valence-electron chi connectivity index (χ2n) is 5.89. The molecule has 0 spiro atoms. The lowest BCUT2D eigenvalue weighted by Gasteiger charge is -2.28. The van der Waals surface area contributed by atoms with Crippen LogP contribution < -0.4 is 10.6 Å². The normalized spacial score (nSPS) is 28.5. The van der Waals surface area contributed by atoms with E-state index in [1.165, 1.54) is 25.7 Å². The summed E-state index contributed by atoms with van der Waals surface area (Å²) in [7, 11) is 0. The third-order valence-electron chi connectivity index (χ3n) is 4.34. The lowest BCUT2D eigenvalue weighted by Crippen LogP contribution is -2.38. The molecule has 0 aromatic heterocycles. The number of nitrogens with one attached hydrogen (secondary N) is 2. The Labute approximate surface area is 116 Å². The summed E-state index contributed by atoms with van der Waals surface area (Å²) >= 11 is 0. The van der Waals surface area contributed by atoms with Gasteiger partial charge in [-0.05, 0) is 45.1 Å². The molecule has 2 saturated carbocycles. The van der Waals surface area contributed by atoms with Gasteiger partial charge in [0.15, 0.2) is 0 Å². The Balaban J connectivity index is 1.56. The second-order valence-corrected chi connectivity index (χ2v) is 5.89. The van der Waals surface area contributed by atoms with Crippen molar-refractivity contribution < 1.29 is 9.53 Å². The summed E-state index contributed by atoms with van der Waals surface area (Å²) in [6.45, 7) is 3.43. The molecule has 0 heterocycles. The zero-order valence-electron chi connectivity index (χ0n) is 12.1. The number of carbonyl (C=O) groups is 1. The van der Waals surface area contributed by atoms with E-state index in [2.05, 4.69) is 17.6 Å². The van der Waals surface area contributed by atoms with Crippen molar-refractivity contribution in [3.05, 3.63) is 0 Å². The summed E-state index contributed by atoms with van der Waals surface area (Å²) in [5, 5.41) is 6.55. The van der Waals surface area contributed by atoms with Crippen LogP contribution in [0.15, 0.2) is 0 Å². The monoisotopic (exact) mass is 268 g/mol. The van der Waals surface area contributed by atoms with Gasteiger partial charge in [-0.25, -0.2) is 0 Å². The first-order chi connectivity index (χ1) is 9.28. The molecule has 0 aromatic rings. The molecule has 0 aromatic carbocycles. The predicted octanol–water partition coefficient (Wildman–Crippen LogP) is 1.98. The molecule has 0 radical (unpaired) electrons. The molecule has 0 aliphatic heterocycles. The van der Waals surface area contributed by atoms with Crippen molar-refractivity contribution in [1.82, 2.24) is 10.6 Å². The van der Waals surface area contributed by atoms with Gasteiger partial charge in [-0.15, -0.1) is 0 Å². The van der Waals surface area contributed by atoms with Crippen molar-refractivity contribution in [2.45, 2.75) is 76.5 Å². The SMILES string of the molecule is CCNC1CCC(OCC(=O)NC2CCCC2)CC1. The molecule has 2 aliphatic carbocycles. The van der Waals surface area contributed by atoms with E-state index in [-0.39, 0.29) is 18.6 Å². The summed E-state index contributed by atoms with van der Waals surface area (Å²) in [6.07, 6.45) is 9.55. The summed E-state index contributed by atoms with van der Waals surface area (Å²) in [5.41, 5.74) is 0. The third-order valence-corrected chi connectivity index (χ3v) is 4.34. The van der Waals surface area contributed by atoms with Crippen LogP contribution in [0.4, 0.5) is 0 Å². The number of ether oxygens (including phenoxy) is 1. The minimum atomic E-state index is 0.0701. The minimum absolute atomic E-state index is 0.0701. The highest BCUT2D eigenvalue weighted by Crippen LogP contribution is 2.21. The first-order valence-corrected chi connectivity index (χ1v) is 7.92. The maximum absolute atomic E-state index is 11.8. The van der Waals surface area contributed by atoms with E-state index >= 15 is 0 Å². The van der Waals surface area contributed by atoms with Crippen LogP contribution in [-0.4, -0.2) is 37.2 Å². The maximum Gasteiger partial charge on any atom is 0.246 e. The Kier molecular flexibility index (Phi) is 6.11. The van der Waals surface area contributed by atoms with Crippen LogP contribution in [-0.2, 0) is 9.53 Å². The zero-order chi connectivity index (χ0) is 13.5. The molecular formula is C15H28N2O2. The third kappa shape index (κ3) is 5.11. The lowest BCUT2D eigenvalue weighted by molar-refractivity contribution is -0.129. The highest BCUT2D eigenvalue weighted by molar-refractivity contribution is 5.77. The predicted molar refractivity (Wildman–Crippen MR) is 76.1 cm³/mol. The van der Waals surface area contributed by atoms with Crippen LogP contribution in [0.3, 0.4) is 0 Å². The molecule has 2 N–H and O–H groups in total. The van der Waals surface area contributed by atoms with Crippen molar-refractivity contribution in [3.8, 4) is 0 Å². The summed E-state index contributed by atoms with van der Waals surface area (Å²) in [6, 6.07) is 1.05. The Morgan fingerprint density at radius 3 is 2.37 bits per heavy atom. The van der Waals surface area contributed by atoms with Gasteiger partial charge in [0.05, 0.1) is 6.10 Å². The molecule has 1 amide bonds. The molecular weight excluding hydrogens is 240 g/mol. The van der Waals surface area contributed by atoms with E-state index in [4.69, 9.17) is 4.74 Å². The van der Waals surface area contributed by atoms with E-state index < -0.39 is 0 Å². The Morgan fingerprint density at radius 2 is 1.74 bits per heavy atom. The van der Waals surface area contributed by atoms with Gasteiger partial charge in [0.1, 0.15) is 6.61 Å². The van der Waals surface area contributed by atoms with Crippen molar-refractivity contribution in [1.29, 1.82) is 0 Å². The van der Waals surface area contributed by atoms with Gasteiger partial charge in [0.25, 0.3) is 0 Å². The van der Waals surface area contributed by atoms with Gasteiger partial charge >= 0.3 is 0 Å². The first kappa shape index (κ1) is 14.8. The molecule has 0 bridgehead atoms. The molecule has 110 valence electrons. The standard InChI is InChI=1S/C15H28N2O2/c1-2-16-12-7-9-14(10-8-12)19-11-15(18)17-13-5-3-4-6-13/h12-14,16H,2-11H2,1H3,(H,17,18). The quantitative estimate of drug-likeness (QED) is 0.774. The average Bonchev–Trinajstić information content (AvgIpc) is 2.91. The number of rotatable bonds is 6. The maximum atomic E-state index is 11.8. The van der Waals surface area contributed by atoms with Gasteiger partial charge in [0, 0.05) is 12.1 Å². The van der Waals surface area contributed by atoms with E-state index in [1.807, 2.05) is 0 Å². The summed E-state index contributed by atoms with van der Waals surface area (Å²) < 4.78 is 5.74. The van der Waals surface area contributed by atoms with E-state index in [1.54, 1.807) is 0 Å². The molecule has 0 unspecified atom stereocenters. The van der Waals surface area contributed by atoms with Crippen LogP contribution in [0.2, 0.25) is 0 Å². The number of carbonyl (C=O) groups excluding carboxylic acids is 1. The van der Waals surface area contributed by atoms with Gasteiger partial charge in [0.2, 0.25) is 5.91 Å².